The summed E-state index contributed by atoms with van der Waals surface area (Å²) in [6.07, 6.45) is 1.51. The molecule has 6 heteroatoms. The lowest BCUT2D eigenvalue weighted by molar-refractivity contribution is 0.102. The van der Waals surface area contributed by atoms with Crippen molar-refractivity contribution in [1.29, 1.82) is 0 Å². The summed E-state index contributed by atoms with van der Waals surface area (Å²) in [4.78, 5) is 12.4. The molecule has 3 rings (SSSR count). The van der Waals surface area contributed by atoms with E-state index in [2.05, 4.69) is 26.3 Å². The summed E-state index contributed by atoms with van der Waals surface area (Å²) >= 11 is 3.39. The second kappa shape index (κ2) is 6.57. The van der Waals surface area contributed by atoms with Crippen LogP contribution >= 0.6 is 15.9 Å². The lowest BCUT2D eigenvalue weighted by Gasteiger charge is -2.07. The molecule has 0 saturated heterocycles. The molecule has 4 nitrogen and oxygen atoms in total. The van der Waals surface area contributed by atoms with Gasteiger partial charge in [0.05, 0.1) is 23.1 Å². The van der Waals surface area contributed by atoms with Gasteiger partial charge in [0.25, 0.3) is 5.91 Å². The quantitative estimate of drug-likeness (QED) is 0.711. The maximum atomic E-state index is 13.6. The SMILES string of the molecule is Cc1ccc(NC(=O)c2cnn(-c3ccc(Br)cc3)c2C)cc1F. The summed E-state index contributed by atoms with van der Waals surface area (Å²) in [5, 5.41) is 6.98. The third-order valence-corrected chi connectivity index (χ3v) is 4.28. The minimum Gasteiger partial charge on any atom is -0.322 e. The zero-order valence-corrected chi connectivity index (χ0v) is 14.8. The molecule has 1 N–H and O–H groups in total. The van der Waals surface area contributed by atoms with Gasteiger partial charge in [-0.1, -0.05) is 22.0 Å². The molecule has 1 heterocycles. The molecular weight excluding hydrogens is 373 g/mol. The Labute approximate surface area is 147 Å². The minimum atomic E-state index is -0.352. The first-order valence-corrected chi connectivity index (χ1v) is 8.13. The minimum absolute atomic E-state index is 0.320. The fraction of sp³-hybridized carbons (Fsp3) is 0.111. The number of aromatic nitrogens is 2. The molecule has 122 valence electrons. The van der Waals surface area contributed by atoms with Crippen molar-refractivity contribution in [3.63, 3.8) is 0 Å². The average molecular weight is 388 g/mol. The van der Waals surface area contributed by atoms with Gasteiger partial charge in [0, 0.05) is 10.2 Å². The molecule has 0 unspecified atom stereocenters. The maximum Gasteiger partial charge on any atom is 0.259 e. The number of carbonyl (C=O) groups is 1. The Kier molecular flexibility index (Phi) is 4.49. The van der Waals surface area contributed by atoms with Crippen LogP contribution in [0.2, 0.25) is 0 Å². The van der Waals surface area contributed by atoms with Gasteiger partial charge in [-0.15, -0.1) is 0 Å². The molecule has 0 aliphatic rings. The van der Waals surface area contributed by atoms with E-state index in [1.165, 1.54) is 12.3 Å². The van der Waals surface area contributed by atoms with Crippen molar-refractivity contribution in [3.05, 3.63) is 75.8 Å². The predicted molar refractivity (Wildman–Crippen MR) is 95.1 cm³/mol. The summed E-state index contributed by atoms with van der Waals surface area (Å²) < 4.78 is 16.3. The number of anilines is 1. The molecular formula is C18H15BrFN3O. The van der Waals surface area contributed by atoms with Crippen LogP contribution in [0.1, 0.15) is 21.6 Å². The Morgan fingerprint density at radius 3 is 2.54 bits per heavy atom. The van der Waals surface area contributed by atoms with Crippen LogP contribution in [0.5, 0.6) is 0 Å². The van der Waals surface area contributed by atoms with E-state index in [0.717, 1.165) is 10.2 Å². The van der Waals surface area contributed by atoms with Crippen molar-refractivity contribution < 1.29 is 9.18 Å². The fourth-order valence-electron chi connectivity index (χ4n) is 2.34. The van der Waals surface area contributed by atoms with Crippen LogP contribution in [0.25, 0.3) is 5.69 Å². The van der Waals surface area contributed by atoms with Crippen LogP contribution < -0.4 is 5.32 Å². The van der Waals surface area contributed by atoms with Crippen molar-refractivity contribution in [3.8, 4) is 5.69 Å². The van der Waals surface area contributed by atoms with E-state index in [1.54, 1.807) is 23.7 Å². The van der Waals surface area contributed by atoms with E-state index in [1.807, 2.05) is 31.2 Å². The first kappa shape index (κ1) is 16.4. The number of nitrogens with zero attached hydrogens (tertiary/aromatic N) is 2. The molecule has 0 aliphatic carbocycles. The molecule has 0 atom stereocenters. The Hall–Kier alpha value is -2.47. The number of hydrogen-bond donors (Lipinski definition) is 1. The first-order valence-electron chi connectivity index (χ1n) is 7.34. The zero-order valence-electron chi connectivity index (χ0n) is 13.2. The van der Waals surface area contributed by atoms with E-state index in [0.29, 0.717) is 22.5 Å². The third-order valence-electron chi connectivity index (χ3n) is 3.76. The molecule has 1 amide bonds. The monoisotopic (exact) mass is 387 g/mol. The molecule has 0 fully saturated rings. The number of benzene rings is 2. The van der Waals surface area contributed by atoms with Crippen molar-refractivity contribution in [2.24, 2.45) is 0 Å². The number of carbonyl (C=O) groups excluding carboxylic acids is 1. The Bertz CT molecular complexity index is 903. The maximum absolute atomic E-state index is 13.6. The van der Waals surface area contributed by atoms with Crippen LogP contribution in [0.4, 0.5) is 10.1 Å². The van der Waals surface area contributed by atoms with Crippen LogP contribution in [0.15, 0.2) is 53.1 Å². The van der Waals surface area contributed by atoms with Gasteiger partial charge >= 0.3 is 0 Å². The second-order valence-corrected chi connectivity index (χ2v) is 6.37. The highest BCUT2D eigenvalue weighted by Gasteiger charge is 2.15. The number of nitrogens with one attached hydrogen (secondary N) is 1. The van der Waals surface area contributed by atoms with Crippen molar-refractivity contribution >= 4 is 27.5 Å². The first-order chi connectivity index (χ1) is 11.5. The number of rotatable bonds is 3. The van der Waals surface area contributed by atoms with Gasteiger partial charge in [0.2, 0.25) is 0 Å². The Morgan fingerprint density at radius 2 is 1.88 bits per heavy atom. The summed E-state index contributed by atoms with van der Waals surface area (Å²) in [6, 6.07) is 12.2. The molecule has 0 saturated carbocycles. The second-order valence-electron chi connectivity index (χ2n) is 5.45. The number of amides is 1. The normalized spacial score (nSPS) is 10.7. The van der Waals surface area contributed by atoms with Gasteiger partial charge in [-0.05, 0) is 55.8 Å². The zero-order chi connectivity index (χ0) is 17.3. The van der Waals surface area contributed by atoms with Gasteiger partial charge in [0.1, 0.15) is 5.82 Å². The van der Waals surface area contributed by atoms with Crippen LogP contribution in [-0.4, -0.2) is 15.7 Å². The Balaban J connectivity index is 1.85. The molecule has 1 aromatic heterocycles. The molecule has 3 aromatic rings. The standard InChI is InChI=1S/C18H15BrFN3O/c1-11-3-6-14(9-17(11)20)22-18(24)16-10-21-23(12(16)2)15-7-4-13(19)5-8-15/h3-10H,1-2H3,(H,22,24). The smallest absolute Gasteiger partial charge is 0.259 e. The molecule has 0 spiro atoms. The van der Waals surface area contributed by atoms with E-state index in [4.69, 9.17) is 0 Å². The molecule has 0 radical (unpaired) electrons. The average Bonchev–Trinajstić information content (AvgIpc) is 2.93. The van der Waals surface area contributed by atoms with Crippen LogP contribution in [0, 0.1) is 19.7 Å². The highest BCUT2D eigenvalue weighted by Crippen LogP contribution is 2.19. The summed E-state index contributed by atoms with van der Waals surface area (Å²) in [6.45, 7) is 3.49. The fourth-order valence-corrected chi connectivity index (χ4v) is 2.61. The lowest BCUT2D eigenvalue weighted by atomic mass is 10.2. The molecule has 24 heavy (non-hydrogen) atoms. The van der Waals surface area contributed by atoms with Gasteiger partial charge in [-0.3, -0.25) is 4.79 Å². The highest BCUT2D eigenvalue weighted by molar-refractivity contribution is 9.10. The van der Waals surface area contributed by atoms with Gasteiger partial charge in [-0.25, -0.2) is 9.07 Å². The predicted octanol–water partition coefficient (Wildman–Crippen LogP) is 4.64. The van der Waals surface area contributed by atoms with Gasteiger partial charge < -0.3 is 5.32 Å². The molecule has 2 aromatic carbocycles. The van der Waals surface area contributed by atoms with Gasteiger partial charge in [0.15, 0.2) is 0 Å². The van der Waals surface area contributed by atoms with Crippen LogP contribution in [-0.2, 0) is 0 Å². The van der Waals surface area contributed by atoms with Crippen molar-refractivity contribution in [1.82, 2.24) is 9.78 Å². The number of aryl methyl sites for hydroxylation is 1. The van der Waals surface area contributed by atoms with E-state index in [-0.39, 0.29) is 11.7 Å². The van der Waals surface area contributed by atoms with Crippen LogP contribution in [0.3, 0.4) is 0 Å². The largest absolute Gasteiger partial charge is 0.322 e. The molecule has 0 bridgehead atoms. The van der Waals surface area contributed by atoms with Crippen molar-refractivity contribution in [2.45, 2.75) is 13.8 Å². The molecule has 0 aliphatic heterocycles. The van der Waals surface area contributed by atoms with E-state index >= 15 is 0 Å². The number of halogens is 2. The summed E-state index contributed by atoms with van der Waals surface area (Å²) in [5.74, 6) is -0.672. The third kappa shape index (κ3) is 3.23. The van der Waals surface area contributed by atoms with Crippen molar-refractivity contribution in [2.75, 3.05) is 5.32 Å². The number of hydrogen-bond acceptors (Lipinski definition) is 2. The highest BCUT2D eigenvalue weighted by atomic mass is 79.9. The van der Waals surface area contributed by atoms with E-state index < -0.39 is 0 Å². The van der Waals surface area contributed by atoms with Gasteiger partial charge in [-0.2, -0.15) is 5.10 Å². The summed E-state index contributed by atoms with van der Waals surface area (Å²) in [5.41, 5.74) is 2.96. The summed E-state index contributed by atoms with van der Waals surface area (Å²) in [7, 11) is 0. The van der Waals surface area contributed by atoms with E-state index in [9.17, 15) is 9.18 Å². The Morgan fingerprint density at radius 1 is 1.17 bits per heavy atom. The topological polar surface area (TPSA) is 46.9 Å². The lowest BCUT2D eigenvalue weighted by Crippen LogP contribution is -2.13.